The normalized spacial score (nSPS) is 15.6. The molecular weight excluding hydrogens is 364 g/mol. The molecule has 0 spiro atoms. The molecule has 5 nitrogen and oxygen atoms in total. The summed E-state index contributed by atoms with van der Waals surface area (Å²) in [6.07, 6.45) is 7.44. The van der Waals surface area contributed by atoms with E-state index in [1.807, 2.05) is 44.3 Å². The third-order valence-corrected chi connectivity index (χ3v) is 5.78. The van der Waals surface area contributed by atoms with Crippen LogP contribution in [0.3, 0.4) is 0 Å². The summed E-state index contributed by atoms with van der Waals surface area (Å²) in [6, 6.07) is 7.43. The topological polar surface area (TPSA) is 82.2 Å². The first-order chi connectivity index (χ1) is 13.7. The minimum absolute atomic E-state index is 0.0432. The number of aromatic nitrogens is 1. The molecule has 0 unspecified atom stereocenters. The lowest BCUT2D eigenvalue weighted by atomic mass is 9.90. The number of benzene rings is 1. The van der Waals surface area contributed by atoms with Crippen molar-refractivity contribution in [1.29, 1.82) is 0 Å². The lowest BCUT2D eigenvalue weighted by molar-refractivity contribution is -0.129. The van der Waals surface area contributed by atoms with Crippen molar-refractivity contribution >= 4 is 22.6 Å². The second kappa shape index (κ2) is 10.6. The Hall–Kier alpha value is -2.14. The van der Waals surface area contributed by atoms with Crippen LogP contribution in [0, 0.1) is 5.92 Å². The van der Waals surface area contributed by atoms with Crippen molar-refractivity contribution in [2.45, 2.75) is 84.3 Å². The number of nitrogens with one attached hydrogen (secondary N) is 2. The summed E-state index contributed by atoms with van der Waals surface area (Å²) < 4.78 is 0. The smallest absolute Gasteiger partial charge is 0.223 e. The fourth-order valence-electron chi connectivity index (χ4n) is 3.73. The molecule has 0 saturated carbocycles. The lowest BCUT2D eigenvalue weighted by Crippen LogP contribution is -2.43. The molecule has 0 fully saturated rings. The van der Waals surface area contributed by atoms with Crippen LogP contribution < -0.4 is 5.32 Å². The summed E-state index contributed by atoms with van der Waals surface area (Å²) >= 11 is 0. The summed E-state index contributed by atoms with van der Waals surface area (Å²) in [6.45, 7) is 7.40. The van der Waals surface area contributed by atoms with E-state index in [1.165, 1.54) is 6.92 Å². The molecule has 2 rings (SSSR count). The van der Waals surface area contributed by atoms with E-state index in [-0.39, 0.29) is 17.6 Å². The van der Waals surface area contributed by atoms with Crippen LogP contribution in [0.15, 0.2) is 30.5 Å². The van der Waals surface area contributed by atoms with Gasteiger partial charge in [0.2, 0.25) is 5.91 Å². The number of carbonyl (C=O) groups is 2. The molecule has 3 atom stereocenters. The van der Waals surface area contributed by atoms with Crippen molar-refractivity contribution in [3.05, 3.63) is 36.0 Å². The molecule has 0 bridgehead atoms. The van der Waals surface area contributed by atoms with Crippen LogP contribution in [-0.2, 0) is 16.0 Å². The van der Waals surface area contributed by atoms with Crippen LogP contribution in [0.5, 0.6) is 0 Å². The Morgan fingerprint density at radius 2 is 1.90 bits per heavy atom. The number of unbranched alkanes of at least 4 members (excludes halogenated alkanes) is 1. The van der Waals surface area contributed by atoms with Crippen molar-refractivity contribution in [2.75, 3.05) is 0 Å². The summed E-state index contributed by atoms with van der Waals surface area (Å²) in [5.74, 6) is -0.335. The minimum atomic E-state index is -0.663. The maximum Gasteiger partial charge on any atom is 0.223 e. The Balaban J connectivity index is 1.89. The Bertz CT molecular complexity index is 809. The highest BCUT2D eigenvalue weighted by Gasteiger charge is 2.24. The molecule has 2 aromatic rings. The van der Waals surface area contributed by atoms with Crippen molar-refractivity contribution in [3.8, 4) is 0 Å². The maximum atomic E-state index is 12.6. The highest BCUT2D eigenvalue weighted by molar-refractivity contribution is 5.90. The van der Waals surface area contributed by atoms with E-state index >= 15 is 0 Å². The number of fused-ring (bicyclic) bond motifs is 1. The van der Waals surface area contributed by atoms with Gasteiger partial charge < -0.3 is 15.4 Å². The van der Waals surface area contributed by atoms with Gasteiger partial charge in [0.15, 0.2) is 5.78 Å². The Labute approximate surface area is 174 Å². The van der Waals surface area contributed by atoms with Crippen LogP contribution >= 0.6 is 0 Å². The number of rotatable bonds is 12. The predicted molar refractivity (Wildman–Crippen MR) is 118 cm³/mol. The van der Waals surface area contributed by atoms with E-state index in [1.54, 1.807) is 0 Å². The van der Waals surface area contributed by atoms with Gasteiger partial charge in [-0.1, -0.05) is 44.9 Å². The number of hydrogen-bond donors (Lipinski definition) is 3. The zero-order valence-electron chi connectivity index (χ0n) is 18.3. The average Bonchev–Trinajstić information content (AvgIpc) is 3.08. The molecule has 0 saturated heterocycles. The first kappa shape index (κ1) is 23.1. The summed E-state index contributed by atoms with van der Waals surface area (Å²) in [4.78, 5) is 28.0. The fourth-order valence-corrected chi connectivity index (χ4v) is 3.73. The quantitative estimate of drug-likeness (QED) is 0.489. The second-order valence-electron chi connectivity index (χ2n) is 8.63. The van der Waals surface area contributed by atoms with Gasteiger partial charge in [-0.25, -0.2) is 0 Å². The van der Waals surface area contributed by atoms with Gasteiger partial charge in [0.25, 0.3) is 0 Å². The molecular formula is C24H36N2O3. The average molecular weight is 401 g/mol. The van der Waals surface area contributed by atoms with Crippen LogP contribution in [0.25, 0.3) is 10.9 Å². The van der Waals surface area contributed by atoms with Crippen LogP contribution in [-0.4, -0.2) is 33.4 Å². The van der Waals surface area contributed by atoms with E-state index in [9.17, 15) is 14.7 Å². The number of aromatic amines is 1. The first-order valence-corrected chi connectivity index (χ1v) is 10.8. The van der Waals surface area contributed by atoms with Gasteiger partial charge in [-0.2, -0.15) is 0 Å². The van der Waals surface area contributed by atoms with Crippen LogP contribution in [0.2, 0.25) is 0 Å². The Morgan fingerprint density at radius 1 is 1.21 bits per heavy atom. The number of carbonyl (C=O) groups excluding carboxylic acids is 2. The predicted octanol–water partition coefficient (Wildman–Crippen LogP) is 4.53. The lowest BCUT2D eigenvalue weighted by Gasteiger charge is -2.24. The number of hydrogen-bond acceptors (Lipinski definition) is 3. The highest BCUT2D eigenvalue weighted by atomic mass is 16.3. The standard InChI is InChI=1S/C24H36N2O3/c1-5-6-13-24(4,29)14-9-10-17(2)23(28)26-22(18(3)27)15-19-16-25-21-12-8-7-11-20(19)21/h7-8,11-12,16-17,22,25,29H,5-6,9-10,13-15H2,1-4H3,(H,26,28)/t17-,22+,24-/m1/s1. The maximum absolute atomic E-state index is 12.6. The molecule has 1 amide bonds. The van der Waals surface area contributed by atoms with E-state index in [0.717, 1.165) is 42.1 Å². The van der Waals surface area contributed by atoms with Gasteiger partial charge in [-0.05, 0) is 51.2 Å². The van der Waals surface area contributed by atoms with E-state index in [2.05, 4.69) is 17.2 Å². The molecule has 29 heavy (non-hydrogen) atoms. The Kier molecular flexibility index (Phi) is 8.45. The summed E-state index contributed by atoms with van der Waals surface area (Å²) in [5.41, 5.74) is 1.39. The van der Waals surface area contributed by atoms with Crippen molar-refractivity contribution < 1.29 is 14.7 Å². The molecule has 1 aromatic heterocycles. The largest absolute Gasteiger partial charge is 0.390 e. The van der Waals surface area contributed by atoms with Gasteiger partial charge in [-0.15, -0.1) is 0 Å². The molecule has 0 aliphatic carbocycles. The zero-order chi connectivity index (χ0) is 21.4. The number of amides is 1. The monoisotopic (exact) mass is 400 g/mol. The van der Waals surface area contributed by atoms with Crippen LogP contribution in [0.1, 0.15) is 71.8 Å². The van der Waals surface area contributed by atoms with E-state index in [4.69, 9.17) is 0 Å². The zero-order valence-corrected chi connectivity index (χ0v) is 18.3. The molecule has 0 aliphatic rings. The van der Waals surface area contributed by atoms with Crippen molar-refractivity contribution in [1.82, 2.24) is 10.3 Å². The Morgan fingerprint density at radius 3 is 2.59 bits per heavy atom. The number of aliphatic hydroxyl groups is 1. The molecule has 0 radical (unpaired) electrons. The van der Waals surface area contributed by atoms with Gasteiger partial charge in [0, 0.05) is 29.4 Å². The molecule has 1 aromatic carbocycles. The van der Waals surface area contributed by atoms with Crippen molar-refractivity contribution in [2.24, 2.45) is 5.92 Å². The van der Waals surface area contributed by atoms with E-state index < -0.39 is 11.6 Å². The van der Waals surface area contributed by atoms with Gasteiger partial charge >= 0.3 is 0 Å². The van der Waals surface area contributed by atoms with Gasteiger partial charge in [0.05, 0.1) is 11.6 Å². The number of H-pyrrole nitrogens is 1. The second-order valence-corrected chi connectivity index (χ2v) is 8.63. The number of Topliss-reactive ketones (excluding diaryl/α,β-unsaturated/α-hetero) is 1. The first-order valence-electron chi connectivity index (χ1n) is 10.8. The van der Waals surface area contributed by atoms with E-state index in [0.29, 0.717) is 19.3 Å². The highest BCUT2D eigenvalue weighted by Crippen LogP contribution is 2.23. The molecule has 5 heteroatoms. The third kappa shape index (κ3) is 7.00. The molecule has 160 valence electrons. The summed E-state index contributed by atoms with van der Waals surface area (Å²) in [5, 5.41) is 14.4. The minimum Gasteiger partial charge on any atom is -0.390 e. The van der Waals surface area contributed by atoms with Gasteiger partial charge in [-0.3, -0.25) is 9.59 Å². The van der Waals surface area contributed by atoms with Gasteiger partial charge in [0.1, 0.15) is 0 Å². The number of ketones is 1. The van der Waals surface area contributed by atoms with Crippen molar-refractivity contribution in [3.63, 3.8) is 0 Å². The molecule has 0 aliphatic heterocycles. The third-order valence-electron chi connectivity index (χ3n) is 5.78. The number of para-hydroxylation sites is 1. The summed E-state index contributed by atoms with van der Waals surface area (Å²) in [7, 11) is 0. The molecule has 1 heterocycles. The molecule has 3 N–H and O–H groups in total. The fraction of sp³-hybridized carbons (Fsp3) is 0.583. The SMILES string of the molecule is CCCC[C@@](C)(O)CCC[C@@H](C)C(=O)N[C@@H](Cc1c[nH]c2ccccc12)C(C)=O. The van der Waals surface area contributed by atoms with Crippen LogP contribution in [0.4, 0.5) is 0 Å².